The molecule has 2 nitrogen and oxygen atoms in total. The Labute approximate surface area is 107 Å². The lowest BCUT2D eigenvalue weighted by Crippen LogP contribution is -2.45. The van der Waals surface area contributed by atoms with Crippen LogP contribution in [0, 0.1) is 16.7 Å². The largest absolute Gasteiger partial charge is 0.393 e. The van der Waals surface area contributed by atoms with Crippen molar-refractivity contribution < 1.29 is 5.11 Å². The molecule has 0 amide bonds. The van der Waals surface area contributed by atoms with Gasteiger partial charge in [0.1, 0.15) is 0 Å². The van der Waals surface area contributed by atoms with E-state index in [1.807, 2.05) is 0 Å². The third-order valence-corrected chi connectivity index (χ3v) is 4.88. The first kappa shape index (κ1) is 15.0. The number of nitrogens with two attached hydrogens (primary N) is 1. The van der Waals surface area contributed by atoms with E-state index in [0.29, 0.717) is 12.0 Å². The minimum atomic E-state index is -0.196. The van der Waals surface area contributed by atoms with E-state index in [-0.39, 0.29) is 11.5 Å². The van der Waals surface area contributed by atoms with Gasteiger partial charge in [0.2, 0.25) is 0 Å². The molecule has 1 aliphatic rings. The summed E-state index contributed by atoms with van der Waals surface area (Å²) in [4.78, 5) is 0. The Balaban J connectivity index is 2.63. The molecular weight excluding hydrogens is 210 g/mol. The Bertz CT molecular complexity index is 224. The van der Waals surface area contributed by atoms with Crippen LogP contribution in [0.25, 0.3) is 0 Å². The van der Waals surface area contributed by atoms with Crippen molar-refractivity contribution in [3.8, 4) is 0 Å². The van der Waals surface area contributed by atoms with Gasteiger partial charge in [-0.25, -0.2) is 0 Å². The fraction of sp³-hybridized carbons (Fsp3) is 1.00. The fourth-order valence-electron chi connectivity index (χ4n) is 3.31. The monoisotopic (exact) mass is 241 g/mol. The lowest BCUT2D eigenvalue weighted by molar-refractivity contribution is -0.0259. The predicted octanol–water partition coefficient (Wildman–Crippen LogP) is 3.33. The highest BCUT2D eigenvalue weighted by Crippen LogP contribution is 2.47. The van der Waals surface area contributed by atoms with Crippen molar-refractivity contribution in [2.45, 2.75) is 72.3 Å². The lowest BCUT2D eigenvalue weighted by Gasteiger charge is -2.46. The maximum Gasteiger partial charge on any atom is 0.0608 e. The van der Waals surface area contributed by atoms with Gasteiger partial charge in [-0.05, 0) is 43.4 Å². The number of aliphatic hydroxyl groups excluding tert-OH is 1. The third-order valence-electron chi connectivity index (χ3n) is 4.88. The van der Waals surface area contributed by atoms with Crippen LogP contribution in [0.3, 0.4) is 0 Å². The van der Waals surface area contributed by atoms with E-state index < -0.39 is 0 Å². The topological polar surface area (TPSA) is 46.2 Å². The molecule has 17 heavy (non-hydrogen) atoms. The van der Waals surface area contributed by atoms with Crippen molar-refractivity contribution in [2.24, 2.45) is 22.5 Å². The Morgan fingerprint density at radius 1 is 1.29 bits per heavy atom. The van der Waals surface area contributed by atoms with Crippen LogP contribution in [-0.2, 0) is 0 Å². The van der Waals surface area contributed by atoms with Crippen molar-refractivity contribution in [1.29, 1.82) is 0 Å². The molecule has 2 heteroatoms. The minimum absolute atomic E-state index is 0.0117. The van der Waals surface area contributed by atoms with E-state index in [9.17, 15) is 5.11 Å². The van der Waals surface area contributed by atoms with Gasteiger partial charge in [0.05, 0.1) is 6.10 Å². The molecule has 0 aromatic heterocycles. The van der Waals surface area contributed by atoms with E-state index in [2.05, 4.69) is 27.7 Å². The van der Waals surface area contributed by atoms with Gasteiger partial charge in [0.25, 0.3) is 0 Å². The van der Waals surface area contributed by atoms with Gasteiger partial charge >= 0.3 is 0 Å². The van der Waals surface area contributed by atoms with Crippen LogP contribution in [-0.4, -0.2) is 17.8 Å². The molecular formula is C15H31NO. The summed E-state index contributed by atoms with van der Waals surface area (Å²) < 4.78 is 0. The summed E-state index contributed by atoms with van der Waals surface area (Å²) in [7, 11) is 0. The van der Waals surface area contributed by atoms with Crippen molar-refractivity contribution in [1.82, 2.24) is 0 Å². The second kappa shape index (κ2) is 5.71. The summed E-state index contributed by atoms with van der Waals surface area (Å²) in [5.74, 6) is 0.788. The highest BCUT2D eigenvalue weighted by Gasteiger charge is 2.41. The Morgan fingerprint density at radius 3 is 2.18 bits per heavy atom. The first-order chi connectivity index (χ1) is 7.85. The second-order valence-electron chi connectivity index (χ2n) is 7.01. The first-order valence-corrected chi connectivity index (χ1v) is 7.24. The molecule has 0 radical (unpaired) electrons. The number of aliphatic hydroxyl groups is 1. The van der Waals surface area contributed by atoms with Crippen LogP contribution in [0.5, 0.6) is 0 Å². The van der Waals surface area contributed by atoms with E-state index in [1.54, 1.807) is 0 Å². The molecule has 0 aromatic carbocycles. The highest BCUT2D eigenvalue weighted by atomic mass is 16.3. The van der Waals surface area contributed by atoms with Crippen molar-refractivity contribution in [3.05, 3.63) is 0 Å². The minimum Gasteiger partial charge on any atom is -0.393 e. The number of rotatable bonds is 4. The quantitative estimate of drug-likeness (QED) is 0.793. The van der Waals surface area contributed by atoms with Crippen LogP contribution < -0.4 is 5.73 Å². The Kier molecular flexibility index (Phi) is 5.03. The van der Waals surface area contributed by atoms with Crippen molar-refractivity contribution in [2.75, 3.05) is 6.54 Å². The van der Waals surface area contributed by atoms with Crippen LogP contribution in [0.2, 0.25) is 0 Å². The molecule has 0 saturated heterocycles. The zero-order valence-corrected chi connectivity index (χ0v) is 12.1. The maximum atomic E-state index is 10.3. The van der Waals surface area contributed by atoms with E-state index in [4.69, 9.17) is 5.73 Å². The van der Waals surface area contributed by atoms with Gasteiger partial charge in [-0.1, -0.05) is 34.1 Å². The molecule has 1 rings (SSSR count). The van der Waals surface area contributed by atoms with E-state index >= 15 is 0 Å². The standard InChI is InChI=1S/C15H31NO/c1-5-6-13(17)15(11-16)9-7-12(8-10-15)14(2,3)4/h12-13,17H,5-11,16H2,1-4H3. The van der Waals surface area contributed by atoms with Crippen molar-refractivity contribution in [3.63, 3.8) is 0 Å². The molecule has 0 bridgehead atoms. The van der Waals surface area contributed by atoms with Gasteiger partial charge in [0, 0.05) is 12.0 Å². The fourth-order valence-corrected chi connectivity index (χ4v) is 3.31. The summed E-state index contributed by atoms with van der Waals surface area (Å²) in [5.41, 5.74) is 6.37. The second-order valence-corrected chi connectivity index (χ2v) is 7.01. The average Bonchev–Trinajstić information content (AvgIpc) is 2.28. The summed E-state index contributed by atoms with van der Waals surface area (Å²) in [6, 6.07) is 0. The van der Waals surface area contributed by atoms with Gasteiger partial charge in [-0.3, -0.25) is 0 Å². The SMILES string of the molecule is CCCC(O)C1(CN)CCC(C(C)(C)C)CC1. The number of hydrogen-bond acceptors (Lipinski definition) is 2. The highest BCUT2D eigenvalue weighted by molar-refractivity contribution is 4.93. The van der Waals surface area contributed by atoms with Gasteiger partial charge in [-0.2, -0.15) is 0 Å². The predicted molar refractivity (Wildman–Crippen MR) is 73.8 cm³/mol. The van der Waals surface area contributed by atoms with E-state index in [0.717, 1.165) is 31.6 Å². The van der Waals surface area contributed by atoms with Crippen LogP contribution >= 0.6 is 0 Å². The summed E-state index contributed by atoms with van der Waals surface area (Å²) in [5, 5.41) is 10.3. The molecule has 1 unspecified atom stereocenters. The van der Waals surface area contributed by atoms with Gasteiger partial charge in [0.15, 0.2) is 0 Å². The molecule has 1 aliphatic carbocycles. The molecule has 3 N–H and O–H groups in total. The average molecular weight is 241 g/mol. The Hall–Kier alpha value is -0.0800. The molecule has 1 atom stereocenters. The summed E-state index contributed by atoms with van der Waals surface area (Å²) >= 11 is 0. The molecule has 102 valence electrons. The molecule has 0 spiro atoms. The van der Waals surface area contributed by atoms with Crippen molar-refractivity contribution >= 4 is 0 Å². The van der Waals surface area contributed by atoms with Crippen LogP contribution in [0.1, 0.15) is 66.2 Å². The number of hydrogen-bond donors (Lipinski definition) is 2. The molecule has 1 fully saturated rings. The molecule has 0 aliphatic heterocycles. The smallest absolute Gasteiger partial charge is 0.0608 e. The third kappa shape index (κ3) is 3.45. The summed E-state index contributed by atoms with van der Waals surface area (Å²) in [6.45, 7) is 9.76. The van der Waals surface area contributed by atoms with Gasteiger partial charge in [-0.15, -0.1) is 0 Å². The zero-order valence-electron chi connectivity index (χ0n) is 12.1. The van der Waals surface area contributed by atoms with E-state index in [1.165, 1.54) is 12.8 Å². The lowest BCUT2D eigenvalue weighted by atomic mass is 9.61. The van der Waals surface area contributed by atoms with Crippen LogP contribution in [0.15, 0.2) is 0 Å². The normalized spacial score (nSPS) is 32.5. The van der Waals surface area contributed by atoms with Gasteiger partial charge < -0.3 is 10.8 Å². The first-order valence-electron chi connectivity index (χ1n) is 7.24. The maximum absolute atomic E-state index is 10.3. The summed E-state index contributed by atoms with van der Waals surface area (Å²) in [6.07, 6.45) is 6.41. The Morgan fingerprint density at radius 2 is 1.82 bits per heavy atom. The zero-order chi connectivity index (χ0) is 13.1. The molecule has 0 heterocycles. The molecule has 0 aromatic rings. The van der Waals surface area contributed by atoms with Crippen LogP contribution in [0.4, 0.5) is 0 Å². The molecule has 1 saturated carbocycles.